The van der Waals surface area contributed by atoms with Crippen LogP contribution in [0.1, 0.15) is 28.9 Å². The van der Waals surface area contributed by atoms with E-state index in [1.165, 1.54) is 29.5 Å². The number of hydrogen-bond donors (Lipinski definition) is 0. The van der Waals surface area contributed by atoms with Gasteiger partial charge in [0.15, 0.2) is 16.4 Å². The number of halogens is 1. The van der Waals surface area contributed by atoms with Gasteiger partial charge >= 0.3 is 5.97 Å². The maximum Gasteiger partial charge on any atom is 0.348 e. The Morgan fingerprint density at radius 2 is 1.96 bits per heavy atom. The van der Waals surface area contributed by atoms with Crippen LogP contribution < -0.4 is 0 Å². The molecule has 1 aromatic heterocycles. The van der Waals surface area contributed by atoms with E-state index in [9.17, 15) is 22.4 Å². The lowest BCUT2D eigenvalue weighted by Crippen LogP contribution is -2.44. The molecule has 27 heavy (non-hydrogen) atoms. The average Bonchev–Trinajstić information content (AvgIpc) is 3.24. The normalized spacial score (nSPS) is 21.3. The predicted molar refractivity (Wildman–Crippen MR) is 99.0 cm³/mol. The van der Waals surface area contributed by atoms with E-state index in [0.29, 0.717) is 16.7 Å². The number of sulfone groups is 1. The third-order valence-corrected chi connectivity index (χ3v) is 7.68. The van der Waals surface area contributed by atoms with Crippen LogP contribution in [-0.4, -0.2) is 55.4 Å². The van der Waals surface area contributed by atoms with Gasteiger partial charge in [-0.2, -0.15) is 0 Å². The zero-order chi connectivity index (χ0) is 19.2. The summed E-state index contributed by atoms with van der Waals surface area (Å²) < 4.78 is 42.6. The van der Waals surface area contributed by atoms with Gasteiger partial charge in [-0.3, -0.25) is 4.79 Å². The van der Waals surface area contributed by atoms with Crippen molar-refractivity contribution in [3.05, 3.63) is 35.0 Å². The van der Waals surface area contributed by atoms with Crippen molar-refractivity contribution in [2.75, 3.05) is 18.1 Å². The summed E-state index contributed by atoms with van der Waals surface area (Å²) in [5.74, 6) is -1.32. The average molecular weight is 411 g/mol. The molecule has 2 aliphatic rings. The fourth-order valence-corrected chi connectivity index (χ4v) is 6.09. The van der Waals surface area contributed by atoms with E-state index in [-0.39, 0.29) is 35.3 Å². The van der Waals surface area contributed by atoms with Crippen LogP contribution in [0.15, 0.2) is 24.3 Å². The summed E-state index contributed by atoms with van der Waals surface area (Å²) >= 11 is 1.17. The molecule has 2 heterocycles. The van der Waals surface area contributed by atoms with Crippen molar-refractivity contribution >= 4 is 43.1 Å². The number of carbonyl (C=O) groups excluding carboxylic acids is 2. The molecule has 0 unspecified atom stereocenters. The molecule has 2 fully saturated rings. The van der Waals surface area contributed by atoms with Crippen molar-refractivity contribution in [3.63, 3.8) is 0 Å². The van der Waals surface area contributed by atoms with E-state index in [4.69, 9.17) is 4.74 Å². The van der Waals surface area contributed by atoms with Crippen LogP contribution in [0.5, 0.6) is 0 Å². The number of hydrogen-bond acceptors (Lipinski definition) is 6. The molecule has 0 bridgehead atoms. The molecule has 4 rings (SSSR count). The Balaban J connectivity index is 1.41. The number of thiophene rings is 1. The van der Waals surface area contributed by atoms with Crippen molar-refractivity contribution in [3.8, 4) is 0 Å². The van der Waals surface area contributed by atoms with Gasteiger partial charge in [-0.1, -0.05) is 0 Å². The lowest BCUT2D eigenvalue weighted by atomic mass is 10.2. The Morgan fingerprint density at radius 3 is 2.63 bits per heavy atom. The fourth-order valence-electron chi connectivity index (χ4n) is 3.44. The third-order valence-electron chi connectivity index (χ3n) is 4.84. The lowest BCUT2D eigenvalue weighted by Gasteiger charge is -2.28. The smallest absolute Gasteiger partial charge is 0.348 e. The highest BCUT2D eigenvalue weighted by Crippen LogP contribution is 2.32. The topological polar surface area (TPSA) is 80.8 Å². The fraction of sp³-hybridized carbons (Fsp3) is 0.444. The summed E-state index contributed by atoms with van der Waals surface area (Å²) in [6.45, 7) is -0.422. The van der Waals surface area contributed by atoms with Gasteiger partial charge in [0.05, 0.1) is 11.5 Å². The van der Waals surface area contributed by atoms with Gasteiger partial charge in [-0.15, -0.1) is 11.3 Å². The number of fused-ring (bicyclic) bond motifs is 1. The number of nitrogens with zero attached hydrogens (tertiary/aromatic N) is 1. The van der Waals surface area contributed by atoms with E-state index >= 15 is 0 Å². The van der Waals surface area contributed by atoms with Gasteiger partial charge < -0.3 is 9.64 Å². The second-order valence-corrected chi connectivity index (χ2v) is 10.3. The largest absolute Gasteiger partial charge is 0.451 e. The molecular formula is C18H18FNO5S2. The van der Waals surface area contributed by atoms with Gasteiger partial charge in [0.25, 0.3) is 5.91 Å². The van der Waals surface area contributed by atoms with Crippen molar-refractivity contribution in [1.82, 2.24) is 4.90 Å². The minimum absolute atomic E-state index is 0.0228. The highest BCUT2D eigenvalue weighted by Gasteiger charge is 2.42. The molecule has 1 aromatic carbocycles. The highest BCUT2D eigenvalue weighted by atomic mass is 32.2. The summed E-state index contributed by atoms with van der Waals surface area (Å²) in [6, 6.07) is 5.50. The van der Waals surface area contributed by atoms with Crippen LogP contribution in [-0.2, 0) is 19.4 Å². The van der Waals surface area contributed by atoms with Gasteiger partial charge in [0.2, 0.25) is 0 Å². The summed E-state index contributed by atoms with van der Waals surface area (Å²) in [6.07, 6.45) is 2.12. The number of benzene rings is 1. The summed E-state index contributed by atoms with van der Waals surface area (Å²) in [5, 5.41) is 0.606. The first-order valence-electron chi connectivity index (χ1n) is 8.70. The zero-order valence-corrected chi connectivity index (χ0v) is 16.0. The van der Waals surface area contributed by atoms with Crippen LogP contribution in [0.2, 0.25) is 0 Å². The molecule has 0 N–H and O–H groups in total. The number of carbonyl (C=O) groups is 2. The Bertz CT molecular complexity index is 1010. The van der Waals surface area contributed by atoms with Gasteiger partial charge in [0.1, 0.15) is 10.7 Å². The Labute approximate surface area is 159 Å². The SMILES string of the molecule is O=C(OCC(=O)N(C1CC1)[C@H]1CCS(=O)(=O)C1)c1cc2cc(F)ccc2s1. The van der Waals surface area contributed by atoms with E-state index in [1.54, 1.807) is 11.0 Å². The molecule has 6 nitrogen and oxygen atoms in total. The van der Waals surface area contributed by atoms with Crippen molar-refractivity contribution in [2.45, 2.75) is 31.3 Å². The molecular weight excluding hydrogens is 393 g/mol. The van der Waals surface area contributed by atoms with E-state index < -0.39 is 22.4 Å². The van der Waals surface area contributed by atoms with E-state index in [2.05, 4.69) is 0 Å². The number of ether oxygens (including phenoxy) is 1. The lowest BCUT2D eigenvalue weighted by molar-refractivity contribution is -0.137. The first kappa shape index (κ1) is 18.4. The zero-order valence-electron chi connectivity index (χ0n) is 14.4. The Morgan fingerprint density at radius 1 is 1.19 bits per heavy atom. The van der Waals surface area contributed by atoms with Crippen LogP contribution in [0, 0.1) is 5.82 Å². The van der Waals surface area contributed by atoms with Crippen LogP contribution in [0.3, 0.4) is 0 Å². The molecule has 1 saturated carbocycles. The summed E-state index contributed by atoms with van der Waals surface area (Å²) in [7, 11) is -3.10. The second kappa shape index (κ2) is 6.87. The maximum atomic E-state index is 13.3. The van der Waals surface area contributed by atoms with Crippen molar-refractivity contribution in [1.29, 1.82) is 0 Å². The monoisotopic (exact) mass is 411 g/mol. The Hall–Kier alpha value is -2.00. The van der Waals surface area contributed by atoms with Crippen LogP contribution >= 0.6 is 11.3 Å². The maximum absolute atomic E-state index is 13.3. The molecule has 1 saturated heterocycles. The molecule has 0 spiro atoms. The molecule has 1 aliphatic heterocycles. The summed E-state index contributed by atoms with van der Waals surface area (Å²) in [5.41, 5.74) is 0. The Kier molecular flexibility index (Phi) is 4.67. The minimum Gasteiger partial charge on any atom is -0.451 e. The number of esters is 1. The molecule has 2 aromatic rings. The molecule has 1 amide bonds. The quantitative estimate of drug-likeness (QED) is 0.706. The third kappa shape index (κ3) is 3.98. The second-order valence-electron chi connectivity index (χ2n) is 6.96. The number of amides is 1. The van der Waals surface area contributed by atoms with Crippen molar-refractivity contribution in [2.24, 2.45) is 0 Å². The standard InChI is InChI=1S/C18H18FNO5S2/c19-12-1-4-15-11(7-12)8-16(26-15)18(22)25-9-17(21)20(13-2-3-13)14-5-6-27(23,24)10-14/h1,4,7-8,13-14H,2-3,5-6,9-10H2/t14-/m0/s1. The number of rotatable bonds is 5. The van der Waals surface area contributed by atoms with Crippen LogP contribution in [0.25, 0.3) is 10.1 Å². The van der Waals surface area contributed by atoms with E-state index in [0.717, 1.165) is 17.5 Å². The first-order chi connectivity index (χ1) is 12.8. The summed E-state index contributed by atoms with van der Waals surface area (Å²) in [4.78, 5) is 26.7. The predicted octanol–water partition coefficient (Wildman–Crippen LogP) is 2.38. The minimum atomic E-state index is -3.10. The molecule has 0 radical (unpaired) electrons. The van der Waals surface area contributed by atoms with Gasteiger partial charge in [-0.25, -0.2) is 17.6 Å². The molecule has 1 aliphatic carbocycles. The first-order valence-corrected chi connectivity index (χ1v) is 11.3. The highest BCUT2D eigenvalue weighted by molar-refractivity contribution is 7.91. The van der Waals surface area contributed by atoms with E-state index in [1.807, 2.05) is 0 Å². The molecule has 1 atom stereocenters. The molecule has 9 heteroatoms. The van der Waals surface area contributed by atoms with Gasteiger partial charge in [0, 0.05) is 16.8 Å². The van der Waals surface area contributed by atoms with Crippen LogP contribution in [0.4, 0.5) is 4.39 Å². The van der Waals surface area contributed by atoms with Crippen molar-refractivity contribution < 1.29 is 27.1 Å². The van der Waals surface area contributed by atoms with Gasteiger partial charge in [-0.05, 0) is 48.9 Å². The molecule has 144 valence electrons.